The monoisotopic (exact) mass is 354 g/mol. The number of nitrogens with zero attached hydrogens (tertiary/aromatic N) is 5. The molecular weight excluding hydrogens is 332 g/mol. The van der Waals surface area contributed by atoms with E-state index in [1.54, 1.807) is 11.3 Å². The SMILES string of the molecule is Cc1ccc(Nc2nc([C@@H]3CCCN3Cc3ccnn3C)cs2)nc1. The summed E-state index contributed by atoms with van der Waals surface area (Å²) in [4.78, 5) is 11.7. The maximum atomic E-state index is 4.82. The van der Waals surface area contributed by atoms with Crippen LogP contribution in [0.3, 0.4) is 0 Å². The molecule has 0 saturated carbocycles. The maximum Gasteiger partial charge on any atom is 0.188 e. The molecule has 0 aromatic carbocycles. The Morgan fingerprint density at radius 1 is 1.32 bits per heavy atom. The molecule has 3 aromatic rings. The number of aryl methyl sites for hydroxylation is 2. The summed E-state index contributed by atoms with van der Waals surface area (Å²) in [7, 11) is 2.00. The van der Waals surface area contributed by atoms with Crippen molar-refractivity contribution in [3.63, 3.8) is 0 Å². The number of hydrogen-bond donors (Lipinski definition) is 1. The van der Waals surface area contributed by atoms with Gasteiger partial charge in [-0.05, 0) is 44.0 Å². The molecular formula is C18H22N6S. The van der Waals surface area contributed by atoms with Gasteiger partial charge in [0.15, 0.2) is 5.13 Å². The van der Waals surface area contributed by atoms with Crippen LogP contribution in [0.25, 0.3) is 0 Å². The third-order valence-electron chi connectivity index (χ3n) is 4.66. The third-order valence-corrected chi connectivity index (χ3v) is 5.44. The molecule has 0 aliphatic carbocycles. The maximum absolute atomic E-state index is 4.82. The highest BCUT2D eigenvalue weighted by molar-refractivity contribution is 7.13. The first kappa shape index (κ1) is 16.2. The predicted molar refractivity (Wildman–Crippen MR) is 100.0 cm³/mol. The molecule has 0 bridgehead atoms. The summed E-state index contributed by atoms with van der Waals surface area (Å²) in [5, 5.41) is 10.7. The van der Waals surface area contributed by atoms with Crippen molar-refractivity contribution in [3.05, 3.63) is 52.9 Å². The second-order valence-electron chi connectivity index (χ2n) is 6.50. The summed E-state index contributed by atoms with van der Waals surface area (Å²) in [5.41, 5.74) is 3.55. The Bertz CT molecular complexity index is 837. The van der Waals surface area contributed by atoms with Gasteiger partial charge in [-0.2, -0.15) is 5.10 Å². The second-order valence-corrected chi connectivity index (χ2v) is 7.36. The van der Waals surface area contributed by atoms with Crippen LogP contribution in [0.5, 0.6) is 0 Å². The minimum absolute atomic E-state index is 0.382. The lowest BCUT2D eigenvalue weighted by Crippen LogP contribution is -2.24. The van der Waals surface area contributed by atoms with Gasteiger partial charge >= 0.3 is 0 Å². The van der Waals surface area contributed by atoms with Gasteiger partial charge in [-0.1, -0.05) is 6.07 Å². The first-order valence-corrected chi connectivity index (χ1v) is 9.43. The molecule has 1 N–H and O–H groups in total. The van der Waals surface area contributed by atoms with Crippen molar-refractivity contribution >= 4 is 22.3 Å². The zero-order valence-corrected chi connectivity index (χ0v) is 15.3. The third kappa shape index (κ3) is 3.57. The van der Waals surface area contributed by atoms with Gasteiger partial charge in [0.05, 0.1) is 17.4 Å². The fourth-order valence-electron chi connectivity index (χ4n) is 3.26. The zero-order valence-electron chi connectivity index (χ0n) is 14.5. The first-order chi connectivity index (χ1) is 12.2. The van der Waals surface area contributed by atoms with Gasteiger partial charge in [0, 0.05) is 31.4 Å². The molecule has 7 heteroatoms. The highest BCUT2D eigenvalue weighted by atomic mass is 32.1. The molecule has 1 atom stereocenters. The number of nitrogens with one attached hydrogen (secondary N) is 1. The van der Waals surface area contributed by atoms with Crippen LogP contribution in [0.2, 0.25) is 0 Å². The van der Waals surface area contributed by atoms with E-state index in [0.29, 0.717) is 6.04 Å². The Morgan fingerprint density at radius 3 is 3.00 bits per heavy atom. The fraction of sp³-hybridized carbons (Fsp3) is 0.389. The van der Waals surface area contributed by atoms with E-state index < -0.39 is 0 Å². The van der Waals surface area contributed by atoms with Crippen molar-refractivity contribution in [1.29, 1.82) is 0 Å². The molecule has 0 unspecified atom stereocenters. The predicted octanol–water partition coefficient (Wildman–Crippen LogP) is 3.66. The average molecular weight is 354 g/mol. The minimum atomic E-state index is 0.382. The molecule has 1 aliphatic rings. The molecule has 3 aromatic heterocycles. The van der Waals surface area contributed by atoms with Gasteiger partial charge in [0.1, 0.15) is 5.82 Å². The van der Waals surface area contributed by atoms with E-state index in [-0.39, 0.29) is 0 Å². The molecule has 25 heavy (non-hydrogen) atoms. The average Bonchev–Trinajstić information content (AvgIpc) is 3.33. The number of likely N-dealkylation sites (tertiary alicyclic amines) is 1. The van der Waals surface area contributed by atoms with Crippen LogP contribution in [0.15, 0.2) is 36.0 Å². The normalized spacial score (nSPS) is 17.9. The molecule has 1 aliphatic heterocycles. The molecule has 1 fully saturated rings. The molecule has 4 rings (SSSR count). The quantitative estimate of drug-likeness (QED) is 0.758. The zero-order chi connectivity index (χ0) is 17.2. The van der Waals surface area contributed by atoms with Gasteiger partial charge in [-0.3, -0.25) is 9.58 Å². The summed E-state index contributed by atoms with van der Waals surface area (Å²) < 4.78 is 1.95. The summed E-state index contributed by atoms with van der Waals surface area (Å²) in [6, 6.07) is 6.51. The Labute approximate surface area is 151 Å². The van der Waals surface area contributed by atoms with Gasteiger partial charge in [-0.15, -0.1) is 11.3 Å². The molecule has 4 heterocycles. The lowest BCUT2D eigenvalue weighted by molar-refractivity contribution is 0.239. The van der Waals surface area contributed by atoms with Crippen LogP contribution < -0.4 is 5.32 Å². The van der Waals surface area contributed by atoms with E-state index in [9.17, 15) is 0 Å². The van der Waals surface area contributed by atoms with Gasteiger partial charge < -0.3 is 5.32 Å². The summed E-state index contributed by atoms with van der Waals surface area (Å²) >= 11 is 1.64. The van der Waals surface area contributed by atoms with E-state index >= 15 is 0 Å². The molecule has 130 valence electrons. The molecule has 0 amide bonds. The molecule has 1 saturated heterocycles. The number of pyridine rings is 1. The van der Waals surface area contributed by atoms with Crippen LogP contribution in [-0.2, 0) is 13.6 Å². The lowest BCUT2D eigenvalue weighted by Gasteiger charge is -2.22. The number of aromatic nitrogens is 4. The van der Waals surface area contributed by atoms with Crippen molar-refractivity contribution < 1.29 is 0 Å². The fourth-order valence-corrected chi connectivity index (χ4v) is 4.03. The number of hydrogen-bond acceptors (Lipinski definition) is 6. The molecule has 0 radical (unpaired) electrons. The van der Waals surface area contributed by atoms with Crippen molar-refractivity contribution in [3.8, 4) is 0 Å². The Morgan fingerprint density at radius 2 is 2.24 bits per heavy atom. The van der Waals surface area contributed by atoms with E-state index in [4.69, 9.17) is 4.98 Å². The molecule has 6 nitrogen and oxygen atoms in total. The van der Waals surface area contributed by atoms with E-state index in [1.807, 2.05) is 37.1 Å². The van der Waals surface area contributed by atoms with E-state index in [0.717, 1.165) is 41.7 Å². The summed E-state index contributed by atoms with van der Waals surface area (Å²) in [6.07, 6.45) is 6.09. The highest BCUT2D eigenvalue weighted by Gasteiger charge is 2.28. The second kappa shape index (κ2) is 6.93. The molecule has 0 spiro atoms. The van der Waals surface area contributed by atoms with Crippen molar-refractivity contribution in [2.24, 2.45) is 7.05 Å². The van der Waals surface area contributed by atoms with Crippen LogP contribution in [0, 0.1) is 6.92 Å². The summed E-state index contributed by atoms with van der Waals surface area (Å²) in [5.74, 6) is 0.838. The van der Waals surface area contributed by atoms with Crippen LogP contribution in [0.1, 0.15) is 35.8 Å². The van der Waals surface area contributed by atoms with Gasteiger partial charge in [0.2, 0.25) is 0 Å². The summed E-state index contributed by atoms with van der Waals surface area (Å²) in [6.45, 7) is 4.06. The van der Waals surface area contributed by atoms with Crippen LogP contribution in [-0.4, -0.2) is 31.2 Å². The van der Waals surface area contributed by atoms with Gasteiger partial charge in [-0.25, -0.2) is 9.97 Å². The highest BCUT2D eigenvalue weighted by Crippen LogP contribution is 2.35. The van der Waals surface area contributed by atoms with Crippen molar-refractivity contribution in [2.75, 3.05) is 11.9 Å². The minimum Gasteiger partial charge on any atom is -0.316 e. The number of thiazole rings is 1. The Balaban J connectivity index is 1.47. The van der Waals surface area contributed by atoms with E-state index in [2.05, 4.69) is 37.8 Å². The van der Waals surface area contributed by atoms with Crippen molar-refractivity contribution in [1.82, 2.24) is 24.6 Å². The Hall–Kier alpha value is -2.25. The standard InChI is InChI=1S/C18H22N6S/c1-13-5-6-17(19-10-13)22-18-21-15(12-25-18)16-4-3-9-24(16)11-14-7-8-20-23(14)2/h5-8,10,12,16H,3-4,9,11H2,1-2H3,(H,19,21,22)/t16-/m0/s1. The van der Waals surface area contributed by atoms with Gasteiger partial charge in [0.25, 0.3) is 0 Å². The van der Waals surface area contributed by atoms with Crippen LogP contribution in [0.4, 0.5) is 10.9 Å². The number of anilines is 2. The van der Waals surface area contributed by atoms with Crippen LogP contribution >= 0.6 is 11.3 Å². The lowest BCUT2D eigenvalue weighted by atomic mass is 10.1. The Kier molecular flexibility index (Phi) is 4.50. The number of rotatable bonds is 5. The topological polar surface area (TPSA) is 58.9 Å². The largest absolute Gasteiger partial charge is 0.316 e. The van der Waals surface area contributed by atoms with Crippen molar-refractivity contribution in [2.45, 2.75) is 32.4 Å². The first-order valence-electron chi connectivity index (χ1n) is 8.55. The smallest absolute Gasteiger partial charge is 0.188 e. The van der Waals surface area contributed by atoms with E-state index in [1.165, 1.54) is 12.1 Å².